The first-order valence-electron chi connectivity index (χ1n) is 10.3. The lowest BCUT2D eigenvalue weighted by molar-refractivity contribution is -0.909. The second-order valence-electron chi connectivity index (χ2n) is 7.66. The number of quaternary nitrogens is 2. The van der Waals surface area contributed by atoms with E-state index in [9.17, 15) is 5.11 Å². The van der Waals surface area contributed by atoms with Gasteiger partial charge >= 0.3 is 0 Å². The van der Waals surface area contributed by atoms with Crippen molar-refractivity contribution in [3.8, 4) is 16.9 Å². The van der Waals surface area contributed by atoms with E-state index in [2.05, 4.69) is 55.8 Å². The molecule has 0 fully saturated rings. The van der Waals surface area contributed by atoms with Crippen LogP contribution in [0.1, 0.15) is 11.6 Å². The number of hydrogen-bond donors (Lipinski definition) is 3. The average Bonchev–Trinajstić information content (AvgIpc) is 2.76. The molecule has 4 N–H and O–H groups in total. The van der Waals surface area contributed by atoms with Crippen LogP contribution in [-0.2, 0) is 0 Å². The minimum Gasteiger partial charge on any atom is -0.491 e. The Kier molecular flexibility index (Phi) is 7.82. The molecule has 0 aromatic heterocycles. The molecule has 152 valence electrons. The third-order valence-corrected chi connectivity index (χ3v) is 5.14. The SMILES string of the molecule is C[NH+](C)[C@@H](C[NH2+]C[C@@H](O)COc1ccc(-c2ccccc2)cc1)c1ccccc1. The van der Waals surface area contributed by atoms with Crippen molar-refractivity contribution < 1.29 is 20.1 Å². The second kappa shape index (κ2) is 10.8. The number of likely N-dealkylation sites (N-methyl/N-ethyl adjacent to an activating group) is 1. The molecule has 4 nitrogen and oxygen atoms in total. The van der Waals surface area contributed by atoms with Crippen molar-refractivity contribution >= 4 is 0 Å². The monoisotopic (exact) mass is 392 g/mol. The summed E-state index contributed by atoms with van der Waals surface area (Å²) in [5, 5.41) is 12.5. The van der Waals surface area contributed by atoms with E-state index in [0.717, 1.165) is 17.9 Å². The molecule has 3 aromatic carbocycles. The molecule has 29 heavy (non-hydrogen) atoms. The van der Waals surface area contributed by atoms with Gasteiger partial charge in [0.25, 0.3) is 0 Å². The van der Waals surface area contributed by atoms with Gasteiger partial charge < -0.3 is 20.1 Å². The summed E-state index contributed by atoms with van der Waals surface area (Å²) in [6.07, 6.45) is -0.502. The van der Waals surface area contributed by atoms with E-state index >= 15 is 0 Å². The van der Waals surface area contributed by atoms with E-state index in [1.54, 1.807) is 0 Å². The average molecular weight is 393 g/mol. The molecule has 3 rings (SSSR count). The van der Waals surface area contributed by atoms with Gasteiger partial charge in [0.15, 0.2) is 6.04 Å². The molecule has 0 unspecified atom stereocenters. The summed E-state index contributed by atoms with van der Waals surface area (Å²) in [6, 6.07) is 29.2. The first-order chi connectivity index (χ1) is 14.1. The second-order valence-corrected chi connectivity index (χ2v) is 7.66. The van der Waals surface area contributed by atoms with Gasteiger partial charge in [-0.2, -0.15) is 0 Å². The number of ether oxygens (including phenoxy) is 1. The molecule has 0 aliphatic rings. The highest BCUT2D eigenvalue weighted by Crippen LogP contribution is 2.22. The van der Waals surface area contributed by atoms with Gasteiger partial charge in [0.1, 0.15) is 31.5 Å². The number of hydrogen-bond acceptors (Lipinski definition) is 2. The fourth-order valence-corrected chi connectivity index (χ4v) is 3.48. The summed E-state index contributed by atoms with van der Waals surface area (Å²) in [5.41, 5.74) is 3.67. The van der Waals surface area contributed by atoms with Crippen LogP contribution in [0.25, 0.3) is 11.1 Å². The minimum atomic E-state index is -0.502. The van der Waals surface area contributed by atoms with Crippen LogP contribution in [0.4, 0.5) is 0 Å². The molecule has 0 amide bonds. The molecule has 0 saturated heterocycles. The van der Waals surface area contributed by atoms with Crippen molar-refractivity contribution in [2.24, 2.45) is 0 Å². The van der Waals surface area contributed by atoms with Gasteiger partial charge in [0.2, 0.25) is 0 Å². The first kappa shape index (κ1) is 21.1. The summed E-state index contributed by atoms with van der Waals surface area (Å²) < 4.78 is 5.77. The summed E-state index contributed by atoms with van der Waals surface area (Å²) in [5.74, 6) is 0.781. The summed E-state index contributed by atoms with van der Waals surface area (Å²) in [7, 11) is 4.34. The van der Waals surface area contributed by atoms with E-state index < -0.39 is 6.10 Å². The van der Waals surface area contributed by atoms with E-state index in [0.29, 0.717) is 19.2 Å². The van der Waals surface area contributed by atoms with Gasteiger partial charge in [-0.1, -0.05) is 72.8 Å². The zero-order valence-electron chi connectivity index (χ0n) is 17.3. The van der Waals surface area contributed by atoms with Crippen molar-refractivity contribution in [1.82, 2.24) is 0 Å². The van der Waals surface area contributed by atoms with Crippen LogP contribution in [0, 0.1) is 0 Å². The quantitative estimate of drug-likeness (QED) is 0.490. The van der Waals surface area contributed by atoms with Crippen LogP contribution >= 0.6 is 0 Å². The van der Waals surface area contributed by atoms with Gasteiger partial charge in [0, 0.05) is 5.56 Å². The number of nitrogens with two attached hydrogens (primary N) is 1. The smallest absolute Gasteiger partial charge is 0.162 e. The van der Waals surface area contributed by atoms with Crippen LogP contribution in [0.5, 0.6) is 5.75 Å². The molecule has 0 aliphatic carbocycles. The van der Waals surface area contributed by atoms with Gasteiger partial charge in [-0.3, -0.25) is 0 Å². The van der Waals surface area contributed by atoms with Crippen LogP contribution in [0.2, 0.25) is 0 Å². The zero-order valence-corrected chi connectivity index (χ0v) is 17.3. The van der Waals surface area contributed by atoms with Crippen molar-refractivity contribution in [3.05, 3.63) is 90.5 Å². The van der Waals surface area contributed by atoms with Crippen molar-refractivity contribution in [1.29, 1.82) is 0 Å². The molecule has 0 bridgehead atoms. The highest BCUT2D eigenvalue weighted by Gasteiger charge is 2.20. The summed E-state index contributed by atoms with van der Waals surface area (Å²) in [6.45, 7) is 1.85. The predicted molar refractivity (Wildman–Crippen MR) is 117 cm³/mol. The van der Waals surface area contributed by atoms with E-state index in [-0.39, 0.29) is 0 Å². The Balaban J connectivity index is 1.43. The van der Waals surface area contributed by atoms with Crippen molar-refractivity contribution in [2.45, 2.75) is 12.1 Å². The Bertz CT molecular complexity index is 836. The lowest BCUT2D eigenvalue weighted by Gasteiger charge is -2.21. The molecule has 3 aromatic rings. The van der Waals surface area contributed by atoms with Gasteiger partial charge in [-0.15, -0.1) is 0 Å². The van der Waals surface area contributed by atoms with Gasteiger partial charge in [-0.05, 0) is 23.3 Å². The zero-order chi connectivity index (χ0) is 20.5. The minimum absolute atomic E-state index is 0.298. The van der Waals surface area contributed by atoms with Crippen molar-refractivity contribution in [3.63, 3.8) is 0 Å². The summed E-state index contributed by atoms with van der Waals surface area (Å²) in [4.78, 5) is 1.39. The number of aliphatic hydroxyl groups is 1. The Labute approximate surface area is 173 Å². The topological polar surface area (TPSA) is 50.5 Å². The largest absolute Gasteiger partial charge is 0.491 e. The Morgan fingerprint density at radius 1 is 0.793 bits per heavy atom. The number of benzene rings is 3. The van der Waals surface area contributed by atoms with Crippen molar-refractivity contribution in [2.75, 3.05) is 33.8 Å². The molecule has 4 heteroatoms. The molecular weight excluding hydrogens is 360 g/mol. The van der Waals surface area contributed by atoms with Crippen LogP contribution < -0.4 is 15.0 Å². The molecule has 0 heterocycles. The lowest BCUT2D eigenvalue weighted by Crippen LogP contribution is -3.09. The normalized spacial score (nSPS) is 13.2. The van der Waals surface area contributed by atoms with Gasteiger partial charge in [-0.25, -0.2) is 0 Å². The standard InChI is InChI=1S/C25H30N2O2/c1-27(2)25(22-11-7-4-8-12-22)18-26-17-23(28)19-29-24-15-13-21(14-16-24)20-9-5-3-6-10-20/h3-16,23,25-26,28H,17-19H2,1-2H3/p+2/t23-,25+/m1/s1. The Morgan fingerprint density at radius 3 is 2.00 bits per heavy atom. The molecule has 0 radical (unpaired) electrons. The number of nitrogens with one attached hydrogen (secondary N) is 1. The number of aliphatic hydroxyl groups excluding tert-OH is 1. The molecule has 0 spiro atoms. The highest BCUT2D eigenvalue weighted by molar-refractivity contribution is 5.63. The maximum absolute atomic E-state index is 10.3. The number of rotatable bonds is 10. The van der Waals surface area contributed by atoms with E-state index in [1.807, 2.05) is 48.5 Å². The van der Waals surface area contributed by atoms with E-state index in [1.165, 1.54) is 16.0 Å². The molecule has 2 atom stereocenters. The predicted octanol–water partition coefficient (Wildman–Crippen LogP) is 1.54. The maximum atomic E-state index is 10.3. The highest BCUT2D eigenvalue weighted by atomic mass is 16.5. The van der Waals surface area contributed by atoms with Crippen LogP contribution in [0.15, 0.2) is 84.9 Å². The first-order valence-corrected chi connectivity index (χ1v) is 10.3. The fraction of sp³-hybridized carbons (Fsp3) is 0.280. The Hall–Kier alpha value is -2.66. The van der Waals surface area contributed by atoms with E-state index in [4.69, 9.17) is 4.74 Å². The summed E-state index contributed by atoms with van der Waals surface area (Å²) >= 11 is 0. The molecular formula is C25H32N2O2+2. The lowest BCUT2D eigenvalue weighted by atomic mass is 10.1. The van der Waals surface area contributed by atoms with Crippen LogP contribution in [0.3, 0.4) is 0 Å². The third-order valence-electron chi connectivity index (χ3n) is 5.14. The molecule has 0 aliphatic heterocycles. The maximum Gasteiger partial charge on any atom is 0.162 e. The molecule has 0 saturated carbocycles. The fourth-order valence-electron chi connectivity index (χ4n) is 3.48. The van der Waals surface area contributed by atoms with Gasteiger partial charge in [0.05, 0.1) is 14.1 Å². The van der Waals surface area contributed by atoms with Crippen LogP contribution in [-0.4, -0.2) is 45.0 Å². The Morgan fingerprint density at radius 2 is 1.38 bits per heavy atom. The third kappa shape index (κ3) is 6.43.